The molecule has 1 aromatic carbocycles. The summed E-state index contributed by atoms with van der Waals surface area (Å²) in [7, 11) is 0. The molecule has 7 heteroatoms. The van der Waals surface area contributed by atoms with E-state index in [1.165, 1.54) is 18.6 Å². The lowest BCUT2D eigenvalue weighted by Gasteiger charge is -2.43. The van der Waals surface area contributed by atoms with E-state index >= 15 is 0 Å². The Hall–Kier alpha value is -1.27. The monoisotopic (exact) mass is 376 g/mol. The Morgan fingerprint density at radius 1 is 1.12 bits per heavy atom. The third-order valence-corrected chi connectivity index (χ3v) is 5.53. The van der Waals surface area contributed by atoms with Gasteiger partial charge in [-0.1, -0.05) is 18.6 Å². The third-order valence-electron chi connectivity index (χ3n) is 5.53. The first kappa shape index (κ1) is 20.0. The summed E-state index contributed by atoms with van der Waals surface area (Å²) in [5, 5.41) is 2.87. The topological polar surface area (TPSA) is 55.1 Å². The average Bonchev–Trinajstić information content (AvgIpc) is 2.52. The second-order valence-electron chi connectivity index (χ2n) is 7.11. The van der Waals surface area contributed by atoms with Gasteiger partial charge in [-0.2, -0.15) is 13.2 Å². The molecular formula is C18H24ClF3N2O. The second kappa shape index (κ2) is 7.96. The van der Waals surface area contributed by atoms with Gasteiger partial charge < -0.3 is 11.1 Å². The summed E-state index contributed by atoms with van der Waals surface area (Å²) < 4.78 is 37.6. The van der Waals surface area contributed by atoms with Gasteiger partial charge in [-0.05, 0) is 55.2 Å². The van der Waals surface area contributed by atoms with Crippen LogP contribution in [0.2, 0.25) is 0 Å². The van der Waals surface area contributed by atoms with Crippen molar-refractivity contribution in [3.8, 4) is 0 Å². The molecule has 25 heavy (non-hydrogen) atoms. The Labute approximate surface area is 152 Å². The molecule has 3 nitrogen and oxygen atoms in total. The van der Waals surface area contributed by atoms with Crippen molar-refractivity contribution >= 4 is 18.3 Å². The van der Waals surface area contributed by atoms with Gasteiger partial charge in [0.05, 0.1) is 5.56 Å². The number of nitrogens with one attached hydrogen (secondary N) is 1. The van der Waals surface area contributed by atoms with E-state index in [0.717, 1.165) is 37.8 Å². The number of carbonyl (C=O) groups is 1. The molecule has 2 saturated carbocycles. The van der Waals surface area contributed by atoms with Gasteiger partial charge in [0.1, 0.15) is 0 Å². The van der Waals surface area contributed by atoms with Crippen molar-refractivity contribution in [2.24, 2.45) is 23.5 Å². The van der Waals surface area contributed by atoms with E-state index in [1.54, 1.807) is 0 Å². The predicted octanol–water partition coefficient (Wildman–Crippen LogP) is 3.90. The molecule has 1 amide bonds. The van der Waals surface area contributed by atoms with Gasteiger partial charge >= 0.3 is 6.18 Å². The highest BCUT2D eigenvalue weighted by atomic mass is 35.5. The van der Waals surface area contributed by atoms with Crippen molar-refractivity contribution in [1.29, 1.82) is 0 Å². The van der Waals surface area contributed by atoms with Gasteiger partial charge in [-0.15, -0.1) is 12.4 Å². The first-order valence-corrected chi connectivity index (χ1v) is 8.54. The third kappa shape index (κ3) is 4.67. The van der Waals surface area contributed by atoms with Gasteiger partial charge in [0.25, 0.3) is 0 Å². The zero-order chi connectivity index (χ0) is 17.3. The summed E-state index contributed by atoms with van der Waals surface area (Å²) in [6.45, 7) is 0.259. The van der Waals surface area contributed by atoms with Crippen LogP contribution < -0.4 is 11.1 Å². The van der Waals surface area contributed by atoms with Crippen LogP contribution in [-0.4, -0.2) is 11.9 Å². The normalized spacial score (nSPS) is 28.8. The van der Waals surface area contributed by atoms with Crippen LogP contribution in [0.1, 0.15) is 43.2 Å². The number of carbonyl (C=O) groups excluding carboxylic acids is 1. The largest absolute Gasteiger partial charge is 0.416 e. The minimum atomic E-state index is -4.33. The Morgan fingerprint density at radius 3 is 2.20 bits per heavy atom. The molecule has 0 spiro atoms. The zero-order valence-corrected chi connectivity index (χ0v) is 14.7. The maximum absolute atomic E-state index is 12.5. The fourth-order valence-electron chi connectivity index (χ4n) is 4.15. The highest BCUT2D eigenvalue weighted by Gasteiger charge is 2.40. The van der Waals surface area contributed by atoms with Crippen molar-refractivity contribution in [2.45, 2.75) is 50.9 Å². The maximum Gasteiger partial charge on any atom is 0.416 e. The van der Waals surface area contributed by atoms with Crippen LogP contribution in [0.5, 0.6) is 0 Å². The van der Waals surface area contributed by atoms with Crippen LogP contribution >= 0.6 is 12.4 Å². The minimum Gasteiger partial charge on any atom is -0.352 e. The van der Waals surface area contributed by atoms with Crippen molar-refractivity contribution in [1.82, 2.24) is 5.32 Å². The number of fused-ring (bicyclic) bond motifs is 2. The smallest absolute Gasteiger partial charge is 0.352 e. The van der Waals surface area contributed by atoms with Gasteiger partial charge in [-0.25, -0.2) is 0 Å². The SMILES string of the molecule is Cl.NC1C2CCCC1CC(C(=O)NCc1ccc(C(F)(F)F)cc1)C2. The quantitative estimate of drug-likeness (QED) is 0.840. The number of amides is 1. The van der Waals surface area contributed by atoms with Crippen LogP contribution in [0.4, 0.5) is 13.2 Å². The average molecular weight is 377 g/mol. The molecule has 0 heterocycles. The first-order chi connectivity index (χ1) is 11.3. The van der Waals surface area contributed by atoms with Crippen molar-refractivity contribution < 1.29 is 18.0 Å². The van der Waals surface area contributed by atoms with Crippen LogP contribution in [0.25, 0.3) is 0 Å². The Bertz CT molecular complexity index is 577. The predicted molar refractivity (Wildman–Crippen MR) is 92.1 cm³/mol. The lowest BCUT2D eigenvalue weighted by atomic mass is 9.65. The number of benzene rings is 1. The van der Waals surface area contributed by atoms with E-state index in [2.05, 4.69) is 5.32 Å². The second-order valence-corrected chi connectivity index (χ2v) is 7.11. The highest BCUT2D eigenvalue weighted by molar-refractivity contribution is 5.85. The van der Waals surface area contributed by atoms with Gasteiger partial charge in [0, 0.05) is 18.5 Å². The van der Waals surface area contributed by atoms with Crippen LogP contribution in [0, 0.1) is 17.8 Å². The van der Waals surface area contributed by atoms with Crippen LogP contribution in [0.15, 0.2) is 24.3 Å². The van der Waals surface area contributed by atoms with Crippen molar-refractivity contribution in [3.63, 3.8) is 0 Å². The summed E-state index contributed by atoms with van der Waals surface area (Å²) in [5.41, 5.74) is 6.23. The zero-order valence-electron chi connectivity index (χ0n) is 13.9. The number of hydrogen-bond donors (Lipinski definition) is 2. The fourth-order valence-corrected chi connectivity index (χ4v) is 4.15. The van der Waals surface area contributed by atoms with E-state index in [-0.39, 0.29) is 36.8 Å². The Kier molecular flexibility index (Phi) is 6.38. The van der Waals surface area contributed by atoms with E-state index in [1.807, 2.05) is 0 Å². The van der Waals surface area contributed by atoms with E-state index in [4.69, 9.17) is 5.73 Å². The maximum atomic E-state index is 12.5. The molecule has 2 atom stereocenters. The number of alkyl halides is 3. The Morgan fingerprint density at radius 2 is 1.68 bits per heavy atom. The minimum absolute atomic E-state index is 0. The number of rotatable bonds is 3. The van der Waals surface area contributed by atoms with Crippen LogP contribution in [0.3, 0.4) is 0 Å². The Balaban J connectivity index is 0.00000225. The van der Waals surface area contributed by atoms with Crippen molar-refractivity contribution in [3.05, 3.63) is 35.4 Å². The molecule has 2 aliphatic rings. The van der Waals surface area contributed by atoms with E-state index in [9.17, 15) is 18.0 Å². The van der Waals surface area contributed by atoms with Gasteiger partial charge in [0.15, 0.2) is 0 Å². The molecule has 0 saturated heterocycles. The van der Waals surface area contributed by atoms with Crippen LogP contribution in [-0.2, 0) is 17.5 Å². The molecular weight excluding hydrogens is 353 g/mol. The van der Waals surface area contributed by atoms with Gasteiger partial charge in [0.2, 0.25) is 5.91 Å². The first-order valence-electron chi connectivity index (χ1n) is 8.54. The number of halogens is 4. The summed E-state index contributed by atoms with van der Waals surface area (Å²) in [4.78, 5) is 12.4. The molecule has 2 fully saturated rings. The summed E-state index contributed by atoms with van der Waals surface area (Å²) in [5.74, 6) is 0.840. The molecule has 1 aromatic rings. The van der Waals surface area contributed by atoms with Gasteiger partial charge in [-0.3, -0.25) is 4.79 Å². The summed E-state index contributed by atoms with van der Waals surface area (Å²) in [6.07, 6.45) is 0.719. The standard InChI is InChI=1S/C18H23F3N2O.ClH/c19-18(20,21)15-6-4-11(5-7-15)10-23-17(24)14-8-12-2-1-3-13(9-14)16(12)22;/h4-7,12-14,16H,1-3,8-10,22H2,(H,23,24);1H. The molecule has 0 aromatic heterocycles. The number of hydrogen-bond acceptors (Lipinski definition) is 2. The van der Waals surface area contributed by atoms with Crippen molar-refractivity contribution in [2.75, 3.05) is 0 Å². The molecule has 3 N–H and O–H groups in total. The molecule has 2 aliphatic carbocycles. The molecule has 0 radical (unpaired) electrons. The molecule has 3 rings (SSSR count). The van der Waals surface area contributed by atoms with E-state index in [0.29, 0.717) is 17.4 Å². The van der Waals surface area contributed by atoms with E-state index < -0.39 is 11.7 Å². The molecule has 140 valence electrons. The summed E-state index contributed by atoms with van der Waals surface area (Å²) >= 11 is 0. The molecule has 2 bridgehead atoms. The lowest BCUT2D eigenvalue weighted by Crippen LogP contribution is -2.49. The highest BCUT2D eigenvalue weighted by Crippen LogP contribution is 2.41. The molecule has 0 aliphatic heterocycles. The number of nitrogens with two attached hydrogens (primary N) is 1. The summed E-state index contributed by atoms with van der Waals surface area (Å²) in [6, 6.07) is 5.14. The fraction of sp³-hybridized carbons (Fsp3) is 0.611. The molecule has 2 unspecified atom stereocenters. The lowest BCUT2D eigenvalue weighted by molar-refractivity contribution is -0.137.